The van der Waals surface area contributed by atoms with Gasteiger partial charge in [0.05, 0.1) is 0 Å². The third-order valence-corrected chi connectivity index (χ3v) is 4.42. The average molecular weight is 277 g/mol. The van der Waals surface area contributed by atoms with E-state index >= 15 is 0 Å². The van der Waals surface area contributed by atoms with Crippen molar-refractivity contribution in [3.05, 3.63) is 29.8 Å². The van der Waals surface area contributed by atoms with Crippen LogP contribution < -0.4 is 0 Å². The first kappa shape index (κ1) is 13.5. The molecular weight excluding hydrogens is 257 g/mol. The fourth-order valence-electron chi connectivity index (χ4n) is 3.28. The number of carbonyl (C=O) groups is 1. The molecule has 0 bridgehead atoms. The maximum absolute atomic E-state index is 13.1. The summed E-state index contributed by atoms with van der Waals surface area (Å²) in [4.78, 5) is 20.1. The lowest BCUT2D eigenvalue weighted by Gasteiger charge is -2.38. The first-order chi connectivity index (χ1) is 9.74. The van der Waals surface area contributed by atoms with Gasteiger partial charge in [0.2, 0.25) is 5.95 Å². The highest BCUT2D eigenvalue weighted by Crippen LogP contribution is 2.24. The molecular formula is C15H20FN3O. The Hall–Kier alpha value is -1.49. The Morgan fingerprint density at radius 3 is 2.55 bits per heavy atom. The number of piperazine rings is 1. The summed E-state index contributed by atoms with van der Waals surface area (Å²) < 4.78 is 13.1. The molecule has 3 rings (SSSR count). The first-order valence-corrected chi connectivity index (χ1v) is 7.39. The third-order valence-electron chi connectivity index (χ3n) is 4.42. The van der Waals surface area contributed by atoms with Crippen LogP contribution in [-0.2, 0) is 0 Å². The number of halogens is 1. The lowest BCUT2D eigenvalue weighted by molar-refractivity contribution is 0.0573. The van der Waals surface area contributed by atoms with Crippen LogP contribution in [0.2, 0.25) is 0 Å². The van der Waals surface area contributed by atoms with Crippen molar-refractivity contribution >= 4 is 5.91 Å². The molecule has 1 aliphatic heterocycles. The van der Waals surface area contributed by atoms with Gasteiger partial charge in [0, 0.05) is 50.0 Å². The molecule has 1 aromatic rings. The van der Waals surface area contributed by atoms with E-state index in [1.807, 2.05) is 4.90 Å². The minimum atomic E-state index is -0.597. The van der Waals surface area contributed by atoms with Crippen molar-refractivity contribution in [1.82, 2.24) is 14.8 Å². The molecule has 4 nitrogen and oxygen atoms in total. The van der Waals surface area contributed by atoms with Crippen LogP contribution in [0.5, 0.6) is 0 Å². The van der Waals surface area contributed by atoms with Crippen LogP contribution in [0, 0.1) is 5.95 Å². The zero-order valence-electron chi connectivity index (χ0n) is 11.6. The van der Waals surface area contributed by atoms with Crippen LogP contribution in [0.15, 0.2) is 18.3 Å². The van der Waals surface area contributed by atoms with E-state index < -0.39 is 5.95 Å². The van der Waals surface area contributed by atoms with Crippen LogP contribution in [-0.4, -0.2) is 52.9 Å². The summed E-state index contributed by atoms with van der Waals surface area (Å²) in [6.45, 7) is 3.34. The quantitative estimate of drug-likeness (QED) is 0.775. The maximum Gasteiger partial charge on any atom is 0.254 e. The van der Waals surface area contributed by atoms with E-state index in [9.17, 15) is 9.18 Å². The number of hydrogen-bond donors (Lipinski definition) is 0. The van der Waals surface area contributed by atoms with E-state index in [2.05, 4.69) is 9.88 Å². The van der Waals surface area contributed by atoms with Crippen molar-refractivity contribution in [1.29, 1.82) is 0 Å². The Kier molecular flexibility index (Phi) is 3.96. The number of nitrogens with zero attached hydrogens (tertiary/aromatic N) is 3. The molecule has 0 atom stereocenters. The summed E-state index contributed by atoms with van der Waals surface area (Å²) in [5.41, 5.74) is 0.395. The minimum Gasteiger partial charge on any atom is -0.336 e. The lowest BCUT2D eigenvalue weighted by Crippen LogP contribution is -2.51. The molecule has 20 heavy (non-hydrogen) atoms. The second kappa shape index (κ2) is 5.87. The molecule has 0 radical (unpaired) electrons. The molecule has 0 aromatic carbocycles. The van der Waals surface area contributed by atoms with Gasteiger partial charge in [0.15, 0.2) is 0 Å². The van der Waals surface area contributed by atoms with Gasteiger partial charge in [-0.3, -0.25) is 9.69 Å². The number of aromatic nitrogens is 1. The highest BCUT2D eigenvalue weighted by atomic mass is 19.1. The van der Waals surface area contributed by atoms with Gasteiger partial charge in [-0.2, -0.15) is 4.39 Å². The summed E-state index contributed by atoms with van der Waals surface area (Å²) in [6.07, 6.45) is 6.60. The van der Waals surface area contributed by atoms with Crippen molar-refractivity contribution in [3.8, 4) is 0 Å². The second-order valence-corrected chi connectivity index (χ2v) is 5.63. The van der Waals surface area contributed by atoms with E-state index in [1.165, 1.54) is 37.9 Å². The molecule has 1 aliphatic carbocycles. The number of rotatable bonds is 2. The second-order valence-electron chi connectivity index (χ2n) is 5.63. The van der Waals surface area contributed by atoms with Gasteiger partial charge < -0.3 is 4.90 Å². The van der Waals surface area contributed by atoms with Gasteiger partial charge in [0.1, 0.15) is 0 Å². The lowest BCUT2D eigenvalue weighted by atomic mass is 10.1. The van der Waals surface area contributed by atoms with E-state index in [1.54, 1.807) is 6.07 Å². The van der Waals surface area contributed by atoms with E-state index in [0.717, 1.165) is 26.2 Å². The highest BCUT2D eigenvalue weighted by Gasteiger charge is 2.28. The largest absolute Gasteiger partial charge is 0.336 e. The smallest absolute Gasteiger partial charge is 0.254 e. The van der Waals surface area contributed by atoms with E-state index in [0.29, 0.717) is 11.6 Å². The van der Waals surface area contributed by atoms with Gasteiger partial charge in [-0.25, -0.2) is 4.98 Å². The molecule has 2 heterocycles. The fraction of sp³-hybridized carbons (Fsp3) is 0.600. The van der Waals surface area contributed by atoms with Crippen molar-refractivity contribution in [3.63, 3.8) is 0 Å². The first-order valence-electron chi connectivity index (χ1n) is 7.39. The molecule has 1 saturated carbocycles. The number of amides is 1. The molecule has 1 amide bonds. The third kappa shape index (κ3) is 2.82. The molecule has 108 valence electrons. The molecule has 2 fully saturated rings. The van der Waals surface area contributed by atoms with Crippen LogP contribution in [0.25, 0.3) is 0 Å². The van der Waals surface area contributed by atoms with Crippen LogP contribution >= 0.6 is 0 Å². The fourth-order valence-corrected chi connectivity index (χ4v) is 3.28. The van der Waals surface area contributed by atoms with Crippen LogP contribution in [0.3, 0.4) is 0 Å². The topological polar surface area (TPSA) is 36.4 Å². The monoisotopic (exact) mass is 277 g/mol. The summed E-state index contributed by atoms with van der Waals surface area (Å²) in [5.74, 6) is -0.683. The molecule has 2 aliphatic rings. The zero-order valence-corrected chi connectivity index (χ0v) is 11.6. The summed E-state index contributed by atoms with van der Waals surface area (Å²) >= 11 is 0. The van der Waals surface area contributed by atoms with Crippen LogP contribution in [0.4, 0.5) is 4.39 Å². The molecule has 0 spiro atoms. The Balaban J connectivity index is 1.58. The molecule has 1 aromatic heterocycles. The normalized spacial score (nSPS) is 21.4. The van der Waals surface area contributed by atoms with Gasteiger partial charge >= 0.3 is 0 Å². The summed E-state index contributed by atoms with van der Waals surface area (Å²) in [7, 11) is 0. The predicted octanol–water partition coefficient (Wildman–Crippen LogP) is 1.92. The average Bonchev–Trinajstić information content (AvgIpc) is 3.01. The number of hydrogen-bond acceptors (Lipinski definition) is 3. The molecule has 0 unspecified atom stereocenters. The van der Waals surface area contributed by atoms with Crippen molar-refractivity contribution in [2.45, 2.75) is 31.7 Å². The maximum atomic E-state index is 13.1. The molecule has 1 saturated heterocycles. The minimum absolute atomic E-state index is 0.0858. The Labute approximate surface area is 118 Å². The highest BCUT2D eigenvalue weighted by molar-refractivity contribution is 5.94. The molecule has 5 heteroatoms. The zero-order chi connectivity index (χ0) is 13.9. The van der Waals surface area contributed by atoms with Crippen molar-refractivity contribution in [2.24, 2.45) is 0 Å². The Morgan fingerprint density at radius 2 is 1.90 bits per heavy atom. The van der Waals surface area contributed by atoms with Crippen LogP contribution in [0.1, 0.15) is 36.0 Å². The van der Waals surface area contributed by atoms with Gasteiger partial charge in [-0.1, -0.05) is 12.8 Å². The van der Waals surface area contributed by atoms with Crippen molar-refractivity contribution in [2.75, 3.05) is 26.2 Å². The van der Waals surface area contributed by atoms with E-state index in [4.69, 9.17) is 0 Å². The number of carbonyl (C=O) groups excluding carboxylic acids is 1. The van der Waals surface area contributed by atoms with Crippen molar-refractivity contribution < 1.29 is 9.18 Å². The predicted molar refractivity (Wildman–Crippen MR) is 73.9 cm³/mol. The number of pyridine rings is 1. The van der Waals surface area contributed by atoms with Gasteiger partial charge in [-0.15, -0.1) is 0 Å². The van der Waals surface area contributed by atoms with Gasteiger partial charge in [-0.05, 0) is 18.9 Å². The Bertz CT molecular complexity index is 480. The summed E-state index contributed by atoms with van der Waals surface area (Å²) in [5, 5.41) is 0. The van der Waals surface area contributed by atoms with Gasteiger partial charge in [0.25, 0.3) is 5.91 Å². The Morgan fingerprint density at radius 1 is 1.20 bits per heavy atom. The summed E-state index contributed by atoms with van der Waals surface area (Å²) in [6, 6.07) is 3.51. The van der Waals surface area contributed by atoms with E-state index in [-0.39, 0.29) is 5.91 Å². The standard InChI is InChI=1S/C15H20FN3O/c16-14-11-12(5-6-17-14)15(20)19-9-7-18(8-10-19)13-3-1-2-4-13/h5-6,11,13H,1-4,7-10H2. The molecule has 0 N–H and O–H groups in total. The SMILES string of the molecule is O=C(c1ccnc(F)c1)N1CCN(C2CCCC2)CC1.